The number of aryl methyl sites for hydroxylation is 1. The molecule has 0 saturated heterocycles. The highest BCUT2D eigenvalue weighted by atomic mass is 19.4. The van der Waals surface area contributed by atoms with Crippen LogP contribution in [0.25, 0.3) is 22.4 Å². The normalized spacial score (nSPS) is 12.0. The summed E-state index contributed by atoms with van der Waals surface area (Å²) >= 11 is 0. The molecule has 0 saturated carbocycles. The third-order valence-corrected chi connectivity index (χ3v) is 3.21. The second kappa shape index (κ2) is 4.87. The molecule has 0 aliphatic rings. The standard InChI is InChI=1S/C15H11F3N2O/c1-2-10-8-11(15(16,17)18)12-13(20-21-14(12)19-10)9-6-4-3-5-7-9/h3-8H,2H2,1H3. The van der Waals surface area contributed by atoms with Crippen molar-refractivity contribution in [1.29, 1.82) is 0 Å². The molecule has 2 heterocycles. The Kier molecular flexibility index (Phi) is 3.16. The van der Waals surface area contributed by atoms with Gasteiger partial charge in [0.2, 0.25) is 0 Å². The Morgan fingerprint density at radius 1 is 1.14 bits per heavy atom. The molecule has 0 amide bonds. The van der Waals surface area contributed by atoms with Crippen molar-refractivity contribution in [2.45, 2.75) is 19.5 Å². The van der Waals surface area contributed by atoms with Crippen molar-refractivity contribution in [1.82, 2.24) is 10.1 Å². The first-order valence-electron chi connectivity index (χ1n) is 6.42. The summed E-state index contributed by atoms with van der Waals surface area (Å²) in [7, 11) is 0. The van der Waals surface area contributed by atoms with Gasteiger partial charge >= 0.3 is 6.18 Å². The quantitative estimate of drug-likeness (QED) is 0.699. The van der Waals surface area contributed by atoms with E-state index in [1.807, 2.05) is 0 Å². The third-order valence-electron chi connectivity index (χ3n) is 3.21. The zero-order chi connectivity index (χ0) is 15.0. The van der Waals surface area contributed by atoms with Gasteiger partial charge in [0.15, 0.2) is 0 Å². The number of hydrogen-bond acceptors (Lipinski definition) is 3. The summed E-state index contributed by atoms with van der Waals surface area (Å²) in [6.07, 6.45) is -4.10. The van der Waals surface area contributed by atoms with Crippen LogP contribution in [0.3, 0.4) is 0 Å². The first-order chi connectivity index (χ1) is 10.0. The molecule has 0 spiro atoms. The number of hydrogen-bond donors (Lipinski definition) is 0. The average Bonchev–Trinajstić information content (AvgIpc) is 2.89. The fraction of sp³-hybridized carbons (Fsp3) is 0.200. The Balaban J connectivity index is 2.34. The number of pyridine rings is 1. The van der Waals surface area contributed by atoms with Crippen LogP contribution in [0.1, 0.15) is 18.2 Å². The lowest BCUT2D eigenvalue weighted by Crippen LogP contribution is -2.07. The molecule has 21 heavy (non-hydrogen) atoms. The fourth-order valence-corrected chi connectivity index (χ4v) is 2.20. The van der Waals surface area contributed by atoms with Crippen LogP contribution in [0.15, 0.2) is 40.9 Å². The molecule has 0 unspecified atom stereocenters. The van der Waals surface area contributed by atoms with Crippen LogP contribution >= 0.6 is 0 Å². The largest absolute Gasteiger partial charge is 0.417 e. The van der Waals surface area contributed by atoms with Crippen LogP contribution in [-0.2, 0) is 12.6 Å². The highest BCUT2D eigenvalue weighted by Crippen LogP contribution is 2.39. The topological polar surface area (TPSA) is 38.9 Å². The summed E-state index contributed by atoms with van der Waals surface area (Å²) in [5.74, 6) is 0. The molecule has 108 valence electrons. The van der Waals surface area contributed by atoms with Gasteiger partial charge in [0.1, 0.15) is 5.69 Å². The van der Waals surface area contributed by atoms with E-state index in [9.17, 15) is 13.2 Å². The van der Waals surface area contributed by atoms with Crippen LogP contribution in [0.4, 0.5) is 13.2 Å². The van der Waals surface area contributed by atoms with E-state index in [2.05, 4.69) is 10.1 Å². The molecule has 0 radical (unpaired) electrons. The van der Waals surface area contributed by atoms with E-state index in [1.54, 1.807) is 37.3 Å². The maximum Gasteiger partial charge on any atom is 0.417 e. The van der Waals surface area contributed by atoms with Crippen LogP contribution < -0.4 is 0 Å². The molecule has 0 aliphatic carbocycles. The van der Waals surface area contributed by atoms with Crippen molar-refractivity contribution in [2.24, 2.45) is 0 Å². The summed E-state index contributed by atoms with van der Waals surface area (Å²) in [5, 5.41) is 3.69. The zero-order valence-electron chi connectivity index (χ0n) is 11.1. The van der Waals surface area contributed by atoms with Crippen LogP contribution in [0.2, 0.25) is 0 Å². The lowest BCUT2D eigenvalue weighted by atomic mass is 10.0. The minimum absolute atomic E-state index is 0.0828. The third kappa shape index (κ3) is 2.37. The van der Waals surface area contributed by atoms with E-state index in [4.69, 9.17) is 4.52 Å². The Labute approximate surface area is 118 Å². The molecule has 0 N–H and O–H groups in total. The fourth-order valence-electron chi connectivity index (χ4n) is 2.20. The van der Waals surface area contributed by atoms with Crippen LogP contribution in [0.5, 0.6) is 0 Å². The van der Waals surface area contributed by atoms with Gasteiger partial charge in [0.25, 0.3) is 5.71 Å². The summed E-state index contributed by atoms with van der Waals surface area (Å²) in [4.78, 5) is 4.08. The van der Waals surface area contributed by atoms with Gasteiger partial charge in [0, 0.05) is 11.3 Å². The molecule has 0 aliphatic heterocycles. The van der Waals surface area contributed by atoms with E-state index < -0.39 is 11.7 Å². The number of nitrogens with zero attached hydrogens (tertiary/aromatic N) is 2. The average molecular weight is 292 g/mol. The van der Waals surface area contributed by atoms with E-state index in [0.29, 0.717) is 17.7 Å². The van der Waals surface area contributed by atoms with Crippen molar-refractivity contribution in [3.63, 3.8) is 0 Å². The van der Waals surface area contributed by atoms with Gasteiger partial charge in [-0.2, -0.15) is 13.2 Å². The lowest BCUT2D eigenvalue weighted by molar-refractivity contribution is -0.136. The maximum absolute atomic E-state index is 13.3. The maximum atomic E-state index is 13.3. The summed E-state index contributed by atoms with van der Waals surface area (Å²) in [6.45, 7) is 1.74. The molecule has 0 bridgehead atoms. The van der Waals surface area contributed by atoms with Gasteiger partial charge < -0.3 is 4.52 Å². The van der Waals surface area contributed by atoms with Gasteiger partial charge in [-0.15, -0.1) is 0 Å². The number of aromatic nitrogens is 2. The summed E-state index contributed by atoms with van der Waals surface area (Å²) < 4.78 is 45.0. The monoisotopic (exact) mass is 292 g/mol. The predicted molar refractivity (Wildman–Crippen MR) is 71.6 cm³/mol. The second-order valence-electron chi connectivity index (χ2n) is 4.59. The first-order valence-corrected chi connectivity index (χ1v) is 6.42. The Morgan fingerprint density at radius 2 is 1.86 bits per heavy atom. The summed E-state index contributed by atoms with van der Waals surface area (Å²) in [6, 6.07) is 9.68. The van der Waals surface area contributed by atoms with Gasteiger partial charge in [-0.1, -0.05) is 42.4 Å². The zero-order valence-corrected chi connectivity index (χ0v) is 11.1. The number of rotatable bonds is 2. The van der Waals surface area contributed by atoms with Gasteiger partial charge in [-0.25, -0.2) is 4.98 Å². The highest BCUT2D eigenvalue weighted by Gasteiger charge is 2.36. The smallest absolute Gasteiger partial charge is 0.335 e. The summed E-state index contributed by atoms with van der Waals surface area (Å²) in [5.41, 5.74) is 0.205. The van der Waals surface area contributed by atoms with Crippen molar-refractivity contribution in [3.05, 3.63) is 47.7 Å². The number of alkyl halides is 3. The van der Waals surface area contributed by atoms with Crippen molar-refractivity contribution >= 4 is 11.1 Å². The molecule has 3 aromatic rings. The molecule has 1 aromatic carbocycles. The van der Waals surface area contributed by atoms with E-state index >= 15 is 0 Å². The Morgan fingerprint density at radius 3 is 2.48 bits per heavy atom. The number of halogens is 3. The SMILES string of the molecule is CCc1cc(C(F)(F)F)c2c(-c3ccccc3)noc2n1. The highest BCUT2D eigenvalue weighted by molar-refractivity contribution is 5.92. The number of fused-ring (bicyclic) bond motifs is 1. The van der Waals surface area contributed by atoms with Gasteiger partial charge in [0.05, 0.1) is 10.9 Å². The van der Waals surface area contributed by atoms with Gasteiger partial charge in [-0.3, -0.25) is 0 Å². The van der Waals surface area contributed by atoms with E-state index in [-0.39, 0.29) is 16.8 Å². The minimum atomic E-state index is -4.49. The predicted octanol–water partition coefficient (Wildman–Crippen LogP) is 4.47. The molecular weight excluding hydrogens is 281 g/mol. The molecule has 0 fully saturated rings. The van der Waals surface area contributed by atoms with E-state index in [0.717, 1.165) is 6.07 Å². The van der Waals surface area contributed by atoms with Gasteiger partial charge in [-0.05, 0) is 12.5 Å². The lowest BCUT2D eigenvalue weighted by Gasteiger charge is -2.09. The van der Waals surface area contributed by atoms with Crippen molar-refractivity contribution in [3.8, 4) is 11.3 Å². The second-order valence-corrected chi connectivity index (χ2v) is 4.59. The van der Waals surface area contributed by atoms with Crippen LogP contribution in [-0.4, -0.2) is 10.1 Å². The Bertz CT molecular complexity index is 779. The first kappa shape index (κ1) is 13.6. The van der Waals surface area contributed by atoms with Crippen molar-refractivity contribution < 1.29 is 17.7 Å². The molecular formula is C15H11F3N2O. The Hall–Kier alpha value is -2.37. The minimum Gasteiger partial charge on any atom is -0.335 e. The number of benzene rings is 1. The molecule has 0 atom stereocenters. The van der Waals surface area contributed by atoms with Crippen LogP contribution in [0, 0.1) is 0 Å². The molecule has 6 heteroatoms. The molecule has 2 aromatic heterocycles. The molecule has 3 rings (SSSR count). The molecule has 3 nitrogen and oxygen atoms in total. The van der Waals surface area contributed by atoms with Crippen molar-refractivity contribution in [2.75, 3.05) is 0 Å². The van der Waals surface area contributed by atoms with E-state index in [1.165, 1.54) is 0 Å².